The number of fused-ring (bicyclic) bond motifs is 3. The average molecular weight is 865 g/mol. The highest BCUT2D eigenvalue weighted by Crippen LogP contribution is 2.52. The van der Waals surface area contributed by atoms with Crippen LogP contribution in [0, 0.1) is 20.8 Å². The van der Waals surface area contributed by atoms with Crippen molar-refractivity contribution >= 4 is 34.9 Å². The molecule has 332 valence electrons. The van der Waals surface area contributed by atoms with Crippen LogP contribution in [0.15, 0.2) is 35.3 Å². The summed E-state index contributed by atoms with van der Waals surface area (Å²) in [6.45, 7) is 10.1. The normalized spacial score (nSPS) is 33.3. The maximum Gasteiger partial charge on any atom is 0.342 e. The minimum Gasteiger partial charge on any atom is -0.508 e. The lowest BCUT2D eigenvalue weighted by molar-refractivity contribution is -0.315. The van der Waals surface area contributed by atoms with Crippen molar-refractivity contribution in [2.75, 3.05) is 7.11 Å². The zero-order valence-electron chi connectivity index (χ0n) is 35.2. The molecule has 2 aliphatic heterocycles. The maximum atomic E-state index is 14.4. The number of phenols is 2. The lowest BCUT2D eigenvalue weighted by Crippen LogP contribution is -2.74. The van der Waals surface area contributed by atoms with E-state index < -0.39 is 129 Å². The van der Waals surface area contributed by atoms with Gasteiger partial charge in [-0.25, -0.2) is 4.79 Å². The summed E-state index contributed by atoms with van der Waals surface area (Å²) in [5.74, 6) is -9.67. The van der Waals surface area contributed by atoms with Crippen molar-refractivity contribution in [3.63, 3.8) is 0 Å². The number of Topliss-reactive ketones (excluding diaryl/α,β-unsaturated/α-hetero) is 4. The highest BCUT2D eigenvalue weighted by Gasteiger charge is 2.71. The van der Waals surface area contributed by atoms with Gasteiger partial charge in [-0.1, -0.05) is 12.1 Å². The Bertz CT molecular complexity index is 2410. The van der Waals surface area contributed by atoms with Gasteiger partial charge in [0.1, 0.15) is 39.6 Å². The van der Waals surface area contributed by atoms with Crippen LogP contribution in [0.1, 0.15) is 111 Å². The van der Waals surface area contributed by atoms with E-state index in [1.54, 1.807) is 39.8 Å². The molecule has 6 N–H and O–H groups in total. The quantitative estimate of drug-likeness (QED) is 0.164. The van der Waals surface area contributed by atoms with E-state index >= 15 is 0 Å². The van der Waals surface area contributed by atoms with Crippen LogP contribution in [0.5, 0.6) is 11.5 Å². The van der Waals surface area contributed by atoms with Gasteiger partial charge in [0.15, 0.2) is 42.1 Å². The number of esters is 1. The lowest BCUT2D eigenvalue weighted by atomic mass is 9.58. The first-order valence-corrected chi connectivity index (χ1v) is 20.0. The van der Waals surface area contributed by atoms with Gasteiger partial charge < -0.3 is 59.1 Å². The molecule has 0 unspecified atom stereocenters. The molecule has 0 bridgehead atoms. The number of rotatable bonds is 8. The number of carbonyl (C=O) groups is 6. The maximum absolute atomic E-state index is 14.4. The first-order chi connectivity index (χ1) is 28.9. The van der Waals surface area contributed by atoms with Crippen molar-refractivity contribution in [1.82, 2.24) is 0 Å². The third-order valence-corrected chi connectivity index (χ3v) is 12.7. The lowest BCUT2D eigenvalue weighted by Gasteiger charge is -2.52. The van der Waals surface area contributed by atoms with Crippen LogP contribution in [0.25, 0.3) is 0 Å². The first-order valence-electron chi connectivity index (χ1n) is 20.0. The van der Waals surface area contributed by atoms with Crippen molar-refractivity contribution in [2.24, 2.45) is 0 Å². The molecule has 10 atom stereocenters. The Balaban J connectivity index is 1.11. The second-order valence-electron chi connectivity index (χ2n) is 16.9. The highest BCUT2D eigenvalue weighted by molar-refractivity contribution is 6.29. The number of aliphatic hydroxyl groups is 4. The monoisotopic (exact) mass is 864 g/mol. The molecular weight excluding hydrogens is 816 g/mol. The number of phenolic OH excluding ortho intramolecular Hbond substituents is 2. The molecule has 5 aliphatic rings. The van der Waals surface area contributed by atoms with Crippen molar-refractivity contribution in [2.45, 2.75) is 134 Å². The Morgan fingerprint density at radius 1 is 0.839 bits per heavy atom. The van der Waals surface area contributed by atoms with Crippen LogP contribution >= 0.6 is 0 Å². The Labute approximate surface area is 354 Å². The molecule has 0 aromatic heterocycles. The van der Waals surface area contributed by atoms with Crippen LogP contribution in [-0.4, -0.2) is 133 Å². The molecule has 2 saturated heterocycles. The van der Waals surface area contributed by atoms with Crippen molar-refractivity contribution < 1.29 is 87.8 Å². The van der Waals surface area contributed by atoms with Crippen molar-refractivity contribution in [3.05, 3.63) is 79.8 Å². The van der Waals surface area contributed by atoms with Gasteiger partial charge >= 0.3 is 5.97 Å². The fraction of sp³-hybridized carbons (Fsp3) is 0.500. The predicted octanol–water partition coefficient (Wildman–Crippen LogP) is 2.52. The van der Waals surface area contributed by atoms with E-state index in [1.807, 2.05) is 0 Å². The molecule has 0 radical (unpaired) electrons. The summed E-state index contributed by atoms with van der Waals surface area (Å²) < 4.78 is 35.1. The van der Waals surface area contributed by atoms with E-state index in [2.05, 4.69) is 0 Å². The summed E-state index contributed by atoms with van der Waals surface area (Å²) in [4.78, 5) is 81.0. The minimum absolute atomic E-state index is 0.0332. The number of aromatic hydroxyl groups is 2. The summed E-state index contributed by atoms with van der Waals surface area (Å²) in [5.41, 5.74) is -10.4. The summed E-state index contributed by atoms with van der Waals surface area (Å²) in [6, 6.07) is 3.32. The zero-order chi connectivity index (χ0) is 45.7. The van der Waals surface area contributed by atoms with Gasteiger partial charge in [-0.15, -0.1) is 0 Å². The molecule has 2 aromatic carbocycles. The van der Waals surface area contributed by atoms with Crippen LogP contribution < -0.4 is 0 Å². The van der Waals surface area contributed by atoms with Gasteiger partial charge in [0.25, 0.3) is 0 Å². The molecule has 3 aliphatic carbocycles. The average Bonchev–Trinajstić information content (AvgIpc) is 3.18. The Morgan fingerprint density at radius 2 is 1.48 bits per heavy atom. The summed E-state index contributed by atoms with van der Waals surface area (Å²) in [7, 11) is 1.15. The van der Waals surface area contributed by atoms with Crippen LogP contribution in [0.4, 0.5) is 0 Å². The number of ketones is 5. The molecule has 0 amide bonds. The van der Waals surface area contributed by atoms with Crippen molar-refractivity contribution in [3.8, 4) is 11.5 Å². The topological polar surface area (TPSA) is 279 Å². The number of aliphatic hydroxyl groups excluding tert-OH is 1. The number of aryl methyl sites for hydroxylation is 2. The summed E-state index contributed by atoms with van der Waals surface area (Å²) in [6.07, 6.45) is -8.40. The second-order valence-corrected chi connectivity index (χ2v) is 16.9. The second kappa shape index (κ2) is 15.5. The van der Waals surface area contributed by atoms with Gasteiger partial charge in [0.05, 0.1) is 36.5 Å². The van der Waals surface area contributed by atoms with Gasteiger partial charge in [0, 0.05) is 30.9 Å². The van der Waals surface area contributed by atoms with E-state index in [4.69, 9.17) is 28.4 Å². The smallest absolute Gasteiger partial charge is 0.342 e. The van der Waals surface area contributed by atoms with E-state index in [-0.39, 0.29) is 53.0 Å². The molecule has 7 rings (SSSR count). The molecule has 0 spiro atoms. The van der Waals surface area contributed by atoms with Crippen LogP contribution in [0.3, 0.4) is 0 Å². The number of hydrogen-bond donors (Lipinski definition) is 6. The number of ether oxygens (including phenoxy) is 6. The standard InChI is InChI=1S/C44H48O18/c1-16-9-10-17(2)33(47)28(16)41(53)62-39-21(6)59-27(15-42(39,7)54)60-24-11-12-26(58-20(24)5)61-40-36(50)30(19(4)45)37(51)44(56)38(52)31-22(14-43(40,44)55)18(3)29-32(35(31)49)23(46)13-25(57-8)34(29)48/h9-10,13,20-21,24,26-27,39-40,47,49,51,54-56H,11-12,14-15H2,1-8H3/t20-,21+,24+,26+,27+,39-,40+,42-,43+,44+/m1/s1. The molecule has 62 heavy (non-hydrogen) atoms. The molecule has 18 heteroatoms. The minimum atomic E-state index is -3.49. The summed E-state index contributed by atoms with van der Waals surface area (Å²) >= 11 is 0. The highest BCUT2D eigenvalue weighted by atomic mass is 16.7. The predicted molar refractivity (Wildman–Crippen MR) is 210 cm³/mol. The van der Waals surface area contributed by atoms with Crippen molar-refractivity contribution in [1.29, 1.82) is 0 Å². The van der Waals surface area contributed by atoms with E-state index in [1.165, 1.54) is 13.8 Å². The number of methoxy groups -OCH3 is 1. The third-order valence-electron chi connectivity index (χ3n) is 12.7. The van der Waals surface area contributed by atoms with E-state index in [0.717, 1.165) is 20.1 Å². The largest absolute Gasteiger partial charge is 0.508 e. The molecule has 2 fully saturated rings. The van der Waals surface area contributed by atoms with E-state index in [0.29, 0.717) is 11.1 Å². The van der Waals surface area contributed by atoms with Gasteiger partial charge in [-0.3, -0.25) is 24.0 Å². The molecule has 2 heterocycles. The first kappa shape index (κ1) is 44.7. The number of hydrogen-bond acceptors (Lipinski definition) is 18. The molecule has 18 nitrogen and oxygen atoms in total. The SMILES string of the molecule is COC1=CC(=O)c2c(O)c3c(c(C)c2C1=O)C[C@]1(O)[C@@H](O[C@H]2CC[C@H](O[C@H]4C[C@@](C)(O)[C@H](OC(=O)c5c(C)ccc(C)c5O)[C@H](C)O4)[C@@H](C)O2)C(=O)C(C(C)=O)=C(O)[C@]1(O)C3=O. The van der Waals surface area contributed by atoms with Crippen LogP contribution in [0.2, 0.25) is 0 Å². The molecular formula is C44H48O18. The fourth-order valence-corrected chi connectivity index (χ4v) is 9.37. The van der Waals surface area contributed by atoms with E-state index in [9.17, 15) is 59.4 Å². The number of allylic oxidation sites excluding steroid dienone is 2. The third kappa shape index (κ3) is 6.67. The Morgan fingerprint density at radius 3 is 2.10 bits per heavy atom. The summed E-state index contributed by atoms with van der Waals surface area (Å²) in [5, 5.41) is 69.4. The molecule has 0 saturated carbocycles. The van der Waals surface area contributed by atoms with Crippen LogP contribution in [-0.2, 0) is 44.4 Å². The fourth-order valence-electron chi connectivity index (χ4n) is 9.37. The van der Waals surface area contributed by atoms with Gasteiger partial charge in [-0.2, -0.15) is 0 Å². The Hall–Kier alpha value is -5.34. The van der Waals surface area contributed by atoms with Gasteiger partial charge in [0.2, 0.25) is 23.0 Å². The number of benzene rings is 2. The number of carbonyl (C=O) groups excluding carboxylic acids is 6. The van der Waals surface area contributed by atoms with Gasteiger partial charge in [-0.05, 0) is 77.1 Å². The zero-order valence-corrected chi connectivity index (χ0v) is 35.2. The molecule has 2 aromatic rings. The Kier molecular flexibility index (Phi) is 11.2.